The lowest BCUT2D eigenvalue weighted by molar-refractivity contribution is -0.113. The Bertz CT molecular complexity index is 610. The zero-order valence-electron chi connectivity index (χ0n) is 11.3. The minimum Gasteiger partial charge on any atom is -0.393 e. The van der Waals surface area contributed by atoms with Crippen molar-refractivity contribution >= 4 is 29.3 Å². The molecule has 2 amide bonds. The van der Waals surface area contributed by atoms with E-state index in [0.717, 1.165) is 4.90 Å². The molecule has 0 radical (unpaired) electrons. The number of carbonyl (C=O) groups excluding carboxylic acids is 2. The van der Waals surface area contributed by atoms with E-state index in [2.05, 4.69) is 5.32 Å². The second-order valence-corrected chi connectivity index (χ2v) is 6.35. The highest BCUT2D eigenvalue weighted by Crippen LogP contribution is 2.33. The number of rotatable bonds is 2. The summed E-state index contributed by atoms with van der Waals surface area (Å²) in [5, 5.41) is 11.8. The van der Waals surface area contributed by atoms with E-state index in [1.54, 1.807) is 18.2 Å². The van der Waals surface area contributed by atoms with Crippen LogP contribution in [-0.4, -0.2) is 52.9 Å². The van der Waals surface area contributed by atoms with E-state index >= 15 is 0 Å². The van der Waals surface area contributed by atoms with Gasteiger partial charge in [-0.05, 0) is 18.2 Å². The lowest BCUT2D eigenvalue weighted by atomic mass is 10.1. The van der Waals surface area contributed by atoms with Crippen molar-refractivity contribution in [2.75, 3.05) is 30.8 Å². The van der Waals surface area contributed by atoms with Crippen LogP contribution in [0.4, 0.5) is 10.1 Å². The van der Waals surface area contributed by atoms with Crippen molar-refractivity contribution in [1.82, 2.24) is 4.90 Å². The number of thioether (sulfide) groups is 1. The molecule has 2 aliphatic rings. The Morgan fingerprint density at radius 1 is 1.52 bits per heavy atom. The third kappa shape index (κ3) is 2.75. The molecule has 2 N–H and O–H groups in total. The molecule has 1 aromatic rings. The normalized spacial score (nSPS) is 24.7. The van der Waals surface area contributed by atoms with Gasteiger partial charge in [-0.2, -0.15) is 0 Å². The van der Waals surface area contributed by atoms with Gasteiger partial charge in [-0.25, -0.2) is 4.39 Å². The molecule has 0 saturated carbocycles. The van der Waals surface area contributed by atoms with E-state index in [1.165, 1.54) is 16.7 Å². The summed E-state index contributed by atoms with van der Waals surface area (Å²) in [6.07, 6.45) is 0.158. The number of halogens is 1. The molecular formula is C14H15FN2O3S. The first-order chi connectivity index (χ1) is 10.0. The number of fused-ring (bicyclic) bond motifs is 1. The van der Waals surface area contributed by atoms with Crippen molar-refractivity contribution in [3.05, 3.63) is 23.8 Å². The van der Waals surface area contributed by atoms with Gasteiger partial charge in [0, 0.05) is 23.4 Å². The lowest BCUT2D eigenvalue weighted by Crippen LogP contribution is -2.35. The van der Waals surface area contributed by atoms with E-state index in [4.69, 9.17) is 5.11 Å². The van der Waals surface area contributed by atoms with E-state index in [0.29, 0.717) is 23.5 Å². The molecule has 3 rings (SSSR count). The summed E-state index contributed by atoms with van der Waals surface area (Å²) in [7, 11) is 0. The van der Waals surface area contributed by atoms with Gasteiger partial charge in [-0.1, -0.05) is 0 Å². The number of benzene rings is 1. The summed E-state index contributed by atoms with van der Waals surface area (Å²) in [5.41, 5.74) is -0.518. The molecule has 1 unspecified atom stereocenters. The maximum absolute atomic E-state index is 14.0. The highest BCUT2D eigenvalue weighted by Gasteiger charge is 2.40. The number of carbonyl (C=O) groups is 2. The lowest BCUT2D eigenvalue weighted by Gasteiger charge is -2.21. The van der Waals surface area contributed by atoms with Gasteiger partial charge in [-0.3, -0.25) is 9.59 Å². The standard InChI is InChI=1S/C14H15FN2O3S/c15-14(8-18)3-4-17(7-14)13(20)9-1-2-10-11(5-9)21-6-12(19)16-10/h1-2,5,18H,3-4,6-8H2,(H,16,19). The van der Waals surface area contributed by atoms with Crippen LogP contribution in [0, 0.1) is 0 Å². The molecule has 7 heteroatoms. The highest BCUT2D eigenvalue weighted by molar-refractivity contribution is 8.00. The van der Waals surface area contributed by atoms with Gasteiger partial charge in [0.1, 0.15) is 0 Å². The molecule has 1 saturated heterocycles. The van der Waals surface area contributed by atoms with Crippen molar-refractivity contribution in [2.45, 2.75) is 17.0 Å². The van der Waals surface area contributed by atoms with Crippen molar-refractivity contribution in [2.24, 2.45) is 0 Å². The maximum Gasteiger partial charge on any atom is 0.254 e. The van der Waals surface area contributed by atoms with Crippen LogP contribution in [0.1, 0.15) is 16.8 Å². The fourth-order valence-corrected chi connectivity index (χ4v) is 3.37. The molecule has 1 atom stereocenters. The number of hydrogen-bond acceptors (Lipinski definition) is 4. The molecule has 0 aromatic heterocycles. The average molecular weight is 310 g/mol. The monoisotopic (exact) mass is 310 g/mol. The first-order valence-electron chi connectivity index (χ1n) is 6.66. The van der Waals surface area contributed by atoms with Crippen LogP contribution >= 0.6 is 11.8 Å². The molecule has 2 heterocycles. The summed E-state index contributed by atoms with van der Waals surface area (Å²) in [6, 6.07) is 5.04. The van der Waals surface area contributed by atoms with E-state index in [1.807, 2.05) is 0 Å². The van der Waals surface area contributed by atoms with Crippen LogP contribution in [0.2, 0.25) is 0 Å². The molecule has 21 heavy (non-hydrogen) atoms. The molecule has 0 aliphatic carbocycles. The number of amides is 2. The van der Waals surface area contributed by atoms with Crippen LogP contribution in [0.15, 0.2) is 23.1 Å². The predicted octanol–water partition coefficient (Wildman–Crippen LogP) is 1.28. The average Bonchev–Trinajstić information content (AvgIpc) is 2.89. The molecule has 0 bridgehead atoms. The van der Waals surface area contributed by atoms with Gasteiger partial charge in [0.2, 0.25) is 5.91 Å². The zero-order chi connectivity index (χ0) is 15.0. The van der Waals surface area contributed by atoms with Crippen molar-refractivity contribution in [3.8, 4) is 0 Å². The molecule has 1 fully saturated rings. The number of aliphatic hydroxyl groups excluding tert-OH is 1. The van der Waals surface area contributed by atoms with Gasteiger partial charge in [0.05, 0.1) is 24.6 Å². The van der Waals surface area contributed by atoms with Gasteiger partial charge in [0.15, 0.2) is 5.67 Å². The van der Waals surface area contributed by atoms with Gasteiger partial charge >= 0.3 is 0 Å². The largest absolute Gasteiger partial charge is 0.393 e. The molecule has 2 aliphatic heterocycles. The summed E-state index contributed by atoms with van der Waals surface area (Å²) in [4.78, 5) is 25.9. The Balaban J connectivity index is 1.79. The molecule has 0 spiro atoms. The highest BCUT2D eigenvalue weighted by atomic mass is 32.2. The van der Waals surface area contributed by atoms with Crippen LogP contribution in [0.3, 0.4) is 0 Å². The van der Waals surface area contributed by atoms with Gasteiger partial charge in [-0.15, -0.1) is 11.8 Å². The summed E-state index contributed by atoms with van der Waals surface area (Å²) < 4.78 is 14.0. The Kier molecular flexibility index (Phi) is 3.62. The molecule has 112 valence electrons. The van der Waals surface area contributed by atoms with Gasteiger partial charge < -0.3 is 15.3 Å². The number of likely N-dealkylation sites (tertiary alicyclic amines) is 1. The number of aliphatic hydroxyl groups is 1. The second kappa shape index (κ2) is 5.31. The van der Waals surface area contributed by atoms with E-state index < -0.39 is 12.3 Å². The van der Waals surface area contributed by atoms with E-state index in [9.17, 15) is 14.0 Å². The zero-order valence-corrected chi connectivity index (χ0v) is 12.1. The SMILES string of the molecule is O=C1CSc2cc(C(=O)N3CCC(F)(CO)C3)ccc2N1. The minimum absolute atomic E-state index is 0.0590. The molecular weight excluding hydrogens is 295 g/mol. The maximum atomic E-state index is 14.0. The number of nitrogens with zero attached hydrogens (tertiary/aromatic N) is 1. The first-order valence-corrected chi connectivity index (χ1v) is 7.65. The molecule has 5 nitrogen and oxygen atoms in total. The first kappa shape index (κ1) is 14.3. The quantitative estimate of drug-likeness (QED) is 0.863. The van der Waals surface area contributed by atoms with E-state index in [-0.39, 0.29) is 24.8 Å². The predicted molar refractivity (Wildman–Crippen MR) is 77.2 cm³/mol. The Morgan fingerprint density at radius 3 is 3.05 bits per heavy atom. The van der Waals surface area contributed by atoms with Crippen molar-refractivity contribution in [3.63, 3.8) is 0 Å². The van der Waals surface area contributed by atoms with Crippen molar-refractivity contribution in [1.29, 1.82) is 0 Å². The van der Waals surface area contributed by atoms with Gasteiger partial charge in [0.25, 0.3) is 5.91 Å². The summed E-state index contributed by atoms with van der Waals surface area (Å²) in [6.45, 7) is -0.344. The smallest absolute Gasteiger partial charge is 0.254 e. The summed E-state index contributed by atoms with van der Waals surface area (Å²) >= 11 is 1.38. The minimum atomic E-state index is -1.69. The number of anilines is 1. The summed E-state index contributed by atoms with van der Waals surface area (Å²) in [5.74, 6) is 0.0199. The number of alkyl halides is 1. The van der Waals surface area contributed by atoms with Crippen LogP contribution in [0.25, 0.3) is 0 Å². The Labute approximate surface area is 125 Å². The Hall–Kier alpha value is -1.60. The third-order valence-corrected chi connectivity index (χ3v) is 4.79. The fraction of sp³-hybridized carbons (Fsp3) is 0.429. The van der Waals surface area contributed by atoms with Crippen molar-refractivity contribution < 1.29 is 19.1 Å². The fourth-order valence-electron chi connectivity index (χ4n) is 2.53. The van der Waals surface area contributed by atoms with Crippen LogP contribution in [-0.2, 0) is 4.79 Å². The third-order valence-electron chi connectivity index (χ3n) is 3.74. The number of hydrogen-bond donors (Lipinski definition) is 2. The van der Waals surface area contributed by atoms with Crippen LogP contribution in [0.5, 0.6) is 0 Å². The Morgan fingerprint density at radius 2 is 2.33 bits per heavy atom. The number of nitrogens with one attached hydrogen (secondary N) is 1. The van der Waals surface area contributed by atoms with Crippen LogP contribution < -0.4 is 5.32 Å². The second-order valence-electron chi connectivity index (χ2n) is 5.33. The topological polar surface area (TPSA) is 69.6 Å². The molecule has 1 aromatic carbocycles.